The number of carbonyl (C=O) groups is 4. The minimum absolute atomic E-state index is 0.00328. The molecule has 0 amide bonds. The molecule has 1 unspecified atom stereocenters. The van der Waals surface area contributed by atoms with Gasteiger partial charge in [-0.05, 0) is 29.1 Å². The van der Waals surface area contributed by atoms with Gasteiger partial charge in [0.15, 0.2) is 12.2 Å². The molecule has 5 atom stereocenters. The Hall–Kier alpha value is -4.82. The number of nitrogens with zero attached hydrogens (tertiary/aromatic N) is 4. The zero-order chi connectivity index (χ0) is 33.1. The Kier molecular flexibility index (Phi) is 12.6. The topological polar surface area (TPSA) is 210 Å². The Morgan fingerprint density at radius 2 is 1.58 bits per heavy atom. The first kappa shape index (κ1) is 34.7. The van der Waals surface area contributed by atoms with Crippen molar-refractivity contribution in [2.24, 2.45) is 5.11 Å². The van der Waals surface area contributed by atoms with Crippen LogP contribution in [0.1, 0.15) is 64.3 Å². The van der Waals surface area contributed by atoms with Crippen molar-refractivity contribution in [1.82, 2.24) is 10.2 Å². The molecule has 0 saturated carbocycles. The van der Waals surface area contributed by atoms with E-state index in [0.717, 1.165) is 32.0 Å². The van der Waals surface area contributed by atoms with Gasteiger partial charge in [0, 0.05) is 50.3 Å². The molecule has 1 aromatic carbocycles. The fourth-order valence-corrected chi connectivity index (χ4v) is 4.66. The Bertz CT molecular complexity index is 1390. The summed E-state index contributed by atoms with van der Waals surface area (Å²) in [4.78, 5) is 50.7. The van der Waals surface area contributed by atoms with E-state index in [1.807, 2.05) is 26.0 Å². The van der Waals surface area contributed by atoms with Gasteiger partial charge in [-0.1, -0.05) is 31.1 Å². The standard InChI is InChI=1S/C29H37N5O11/c1-15(2)24-22(13-20-7-9-21(10-8-20)39-12-11-31-34-30)28(33-32-24)45-29-27(43-19(6)38)26(42-18(5)37)25(41-17(4)36)23(44-29)14-40-16(3)35/h7-10,15,23,25-27,29H,11-14H2,1-6H3,(H,32,33)/t23-,25-,26+,27-,29?/m1/s1. The van der Waals surface area contributed by atoms with Crippen LogP contribution in [0.25, 0.3) is 10.4 Å². The molecule has 45 heavy (non-hydrogen) atoms. The lowest BCUT2D eigenvalue weighted by molar-refractivity contribution is -0.289. The second-order valence-electron chi connectivity index (χ2n) is 10.4. The minimum Gasteiger partial charge on any atom is -0.493 e. The highest BCUT2D eigenvalue weighted by Crippen LogP contribution is 2.34. The Morgan fingerprint density at radius 3 is 2.16 bits per heavy atom. The Labute approximate surface area is 259 Å². The molecule has 16 nitrogen and oxygen atoms in total. The van der Waals surface area contributed by atoms with Crippen molar-refractivity contribution in [2.45, 2.75) is 84.6 Å². The van der Waals surface area contributed by atoms with Crippen LogP contribution in [0.15, 0.2) is 29.4 Å². The van der Waals surface area contributed by atoms with Crippen molar-refractivity contribution >= 4 is 23.9 Å². The van der Waals surface area contributed by atoms with Gasteiger partial charge in [0.05, 0.1) is 13.2 Å². The van der Waals surface area contributed by atoms with E-state index >= 15 is 0 Å². The van der Waals surface area contributed by atoms with Crippen LogP contribution < -0.4 is 9.47 Å². The van der Waals surface area contributed by atoms with Crippen LogP contribution in [0.5, 0.6) is 11.6 Å². The highest BCUT2D eigenvalue weighted by molar-refractivity contribution is 5.68. The van der Waals surface area contributed by atoms with Crippen LogP contribution in [0, 0.1) is 0 Å². The average Bonchev–Trinajstić information content (AvgIpc) is 3.35. The summed E-state index contributed by atoms with van der Waals surface area (Å²) in [5, 5.41) is 10.8. The summed E-state index contributed by atoms with van der Waals surface area (Å²) in [5.74, 6) is -2.16. The van der Waals surface area contributed by atoms with Gasteiger partial charge in [-0.3, -0.25) is 24.3 Å². The zero-order valence-corrected chi connectivity index (χ0v) is 25.9. The molecule has 1 fully saturated rings. The maximum Gasteiger partial charge on any atom is 0.303 e. The molecule has 1 N–H and O–H groups in total. The number of rotatable bonds is 14. The third kappa shape index (κ3) is 10.1. The van der Waals surface area contributed by atoms with Gasteiger partial charge in [-0.2, -0.15) is 0 Å². The first-order chi connectivity index (χ1) is 21.4. The second-order valence-corrected chi connectivity index (χ2v) is 10.4. The van der Waals surface area contributed by atoms with Crippen LogP contribution in [0.3, 0.4) is 0 Å². The number of azide groups is 1. The predicted molar refractivity (Wildman–Crippen MR) is 154 cm³/mol. The monoisotopic (exact) mass is 631 g/mol. The summed E-state index contributed by atoms with van der Waals surface area (Å²) >= 11 is 0. The summed E-state index contributed by atoms with van der Waals surface area (Å²) in [7, 11) is 0. The van der Waals surface area contributed by atoms with Gasteiger partial charge in [0.25, 0.3) is 0 Å². The maximum absolute atomic E-state index is 12.2. The van der Waals surface area contributed by atoms with Gasteiger partial charge in [-0.25, -0.2) is 0 Å². The summed E-state index contributed by atoms with van der Waals surface area (Å²) < 4.78 is 39.4. The Morgan fingerprint density at radius 1 is 0.956 bits per heavy atom. The number of nitrogens with one attached hydrogen (secondary N) is 1. The van der Waals surface area contributed by atoms with Crippen molar-refractivity contribution in [3.63, 3.8) is 0 Å². The smallest absolute Gasteiger partial charge is 0.303 e. The molecule has 0 spiro atoms. The summed E-state index contributed by atoms with van der Waals surface area (Å²) in [6.07, 6.45) is -6.33. The van der Waals surface area contributed by atoms with E-state index in [1.54, 1.807) is 12.1 Å². The number of aromatic amines is 1. The van der Waals surface area contributed by atoms with Crippen LogP contribution in [-0.4, -0.2) is 84.5 Å². The first-order valence-corrected chi connectivity index (χ1v) is 14.2. The molecule has 0 aliphatic carbocycles. The van der Waals surface area contributed by atoms with Crippen LogP contribution in [-0.2, 0) is 49.3 Å². The maximum atomic E-state index is 12.2. The molecule has 1 aliphatic rings. The molecule has 1 aromatic heterocycles. The highest BCUT2D eigenvalue weighted by atomic mass is 16.7. The SMILES string of the molecule is CC(=O)OC[C@H]1OC(Oc2n[nH]c(C(C)C)c2Cc2ccc(OCCN=[N+]=[N-])cc2)[C@H](OC(C)=O)[C@@H](OC(C)=O)[C@@H]1OC(C)=O. The summed E-state index contributed by atoms with van der Waals surface area (Å²) in [6.45, 7) is 8.59. The van der Waals surface area contributed by atoms with Crippen LogP contribution >= 0.6 is 0 Å². The normalized spacial score (nSPS) is 20.8. The number of benzene rings is 1. The van der Waals surface area contributed by atoms with E-state index in [-0.39, 0.29) is 31.6 Å². The van der Waals surface area contributed by atoms with Crippen LogP contribution in [0.4, 0.5) is 0 Å². The van der Waals surface area contributed by atoms with E-state index in [4.69, 9.17) is 38.7 Å². The van der Waals surface area contributed by atoms with Crippen molar-refractivity contribution in [3.05, 3.63) is 51.5 Å². The van der Waals surface area contributed by atoms with Gasteiger partial charge in [-0.15, -0.1) is 5.10 Å². The molecule has 0 radical (unpaired) electrons. The molecule has 16 heteroatoms. The predicted octanol–water partition coefficient (Wildman–Crippen LogP) is 3.27. The highest BCUT2D eigenvalue weighted by Gasteiger charge is 2.53. The van der Waals surface area contributed by atoms with Crippen molar-refractivity contribution in [2.75, 3.05) is 19.8 Å². The molecule has 0 bridgehead atoms. The van der Waals surface area contributed by atoms with E-state index in [2.05, 4.69) is 20.2 Å². The minimum atomic E-state index is -1.43. The molecular weight excluding hydrogens is 594 g/mol. The van der Waals surface area contributed by atoms with E-state index in [0.29, 0.717) is 17.7 Å². The average molecular weight is 632 g/mol. The Balaban J connectivity index is 1.97. The number of aromatic nitrogens is 2. The summed E-state index contributed by atoms with van der Waals surface area (Å²) in [6, 6.07) is 7.28. The lowest BCUT2D eigenvalue weighted by Crippen LogP contribution is -2.63. The molecule has 2 aromatic rings. The van der Waals surface area contributed by atoms with E-state index in [1.165, 1.54) is 6.92 Å². The largest absolute Gasteiger partial charge is 0.493 e. The molecule has 2 heterocycles. The van der Waals surface area contributed by atoms with Gasteiger partial charge in [0.2, 0.25) is 18.3 Å². The van der Waals surface area contributed by atoms with Gasteiger partial charge >= 0.3 is 23.9 Å². The zero-order valence-electron chi connectivity index (χ0n) is 25.9. The van der Waals surface area contributed by atoms with Crippen molar-refractivity contribution in [3.8, 4) is 11.6 Å². The lowest BCUT2D eigenvalue weighted by atomic mass is 9.97. The van der Waals surface area contributed by atoms with E-state index in [9.17, 15) is 19.2 Å². The van der Waals surface area contributed by atoms with Crippen LogP contribution in [0.2, 0.25) is 0 Å². The summed E-state index contributed by atoms with van der Waals surface area (Å²) in [5.41, 5.74) is 10.7. The molecule has 244 valence electrons. The number of hydrogen-bond acceptors (Lipinski definition) is 13. The van der Waals surface area contributed by atoms with E-state index < -0.39 is 54.6 Å². The van der Waals surface area contributed by atoms with Gasteiger partial charge < -0.3 is 33.2 Å². The molecular formula is C29H37N5O11. The number of ether oxygens (including phenoxy) is 7. The first-order valence-electron chi connectivity index (χ1n) is 14.2. The molecule has 3 rings (SSSR count). The number of esters is 4. The fourth-order valence-electron chi connectivity index (χ4n) is 4.66. The van der Waals surface area contributed by atoms with Crippen molar-refractivity contribution in [1.29, 1.82) is 0 Å². The quantitative estimate of drug-likeness (QED) is 0.0795. The number of carbonyl (C=O) groups excluding carboxylic acids is 4. The third-order valence-corrected chi connectivity index (χ3v) is 6.44. The fraction of sp³-hybridized carbons (Fsp3) is 0.552. The van der Waals surface area contributed by atoms with Gasteiger partial charge in [0.1, 0.15) is 18.5 Å². The molecule has 1 aliphatic heterocycles. The third-order valence-electron chi connectivity index (χ3n) is 6.44. The number of hydrogen-bond donors (Lipinski definition) is 1. The lowest BCUT2D eigenvalue weighted by Gasteiger charge is -2.43. The number of H-pyrrole nitrogens is 1. The molecule has 1 saturated heterocycles. The second kappa shape index (κ2) is 16.3. The van der Waals surface area contributed by atoms with Crippen molar-refractivity contribution < 1.29 is 52.3 Å².